The molecule has 0 saturated carbocycles. The molecule has 1 atom stereocenters. The minimum atomic E-state index is -0.798. The number of ether oxygens (including phenoxy) is 2. The average Bonchev–Trinajstić information content (AvgIpc) is 2.74. The maximum Gasteiger partial charge on any atom is 0.309 e. The van der Waals surface area contributed by atoms with Crippen LogP contribution in [-0.2, 0) is 23.9 Å². The monoisotopic (exact) mass is 491 g/mol. The molecule has 2 aromatic rings. The third-order valence-corrected chi connectivity index (χ3v) is 4.66. The molecule has 0 spiro atoms. The third kappa shape index (κ3) is 9.20. The SMILES string of the molecule is C=C(c1ccccc1Cl)c1cc(Cl)ccc1N=C(OC(C)=O)C(CCC)OC(C)=O.CC=O. The number of carbonyl (C=O) groups is 3. The number of carbonyl (C=O) groups excluding carboxylic acids is 3. The van der Waals surface area contributed by atoms with Crippen molar-refractivity contribution < 1.29 is 23.9 Å². The molecule has 0 aliphatic carbocycles. The highest BCUT2D eigenvalue weighted by Gasteiger charge is 2.23. The van der Waals surface area contributed by atoms with Crippen LogP contribution in [0.1, 0.15) is 51.7 Å². The lowest BCUT2D eigenvalue weighted by atomic mass is 9.98. The maximum absolute atomic E-state index is 11.7. The van der Waals surface area contributed by atoms with Crippen LogP contribution < -0.4 is 0 Å². The molecule has 0 N–H and O–H groups in total. The number of esters is 2. The summed E-state index contributed by atoms with van der Waals surface area (Å²) in [4.78, 5) is 36.6. The van der Waals surface area contributed by atoms with E-state index in [0.29, 0.717) is 39.7 Å². The van der Waals surface area contributed by atoms with Gasteiger partial charge in [0.2, 0.25) is 5.90 Å². The number of hydrogen-bond acceptors (Lipinski definition) is 6. The summed E-state index contributed by atoms with van der Waals surface area (Å²) in [5.74, 6) is -1.07. The Hall–Kier alpha value is -2.96. The van der Waals surface area contributed by atoms with Crippen molar-refractivity contribution in [3.63, 3.8) is 0 Å². The number of rotatable bonds is 7. The molecule has 0 saturated heterocycles. The van der Waals surface area contributed by atoms with Crippen LogP contribution in [0.25, 0.3) is 5.57 Å². The Kier molecular flexibility index (Phi) is 12.1. The summed E-state index contributed by atoms with van der Waals surface area (Å²) < 4.78 is 10.6. The van der Waals surface area contributed by atoms with E-state index in [9.17, 15) is 9.59 Å². The second-order valence-corrected chi connectivity index (χ2v) is 7.63. The Balaban J connectivity index is 0.00000172. The molecular formula is C25H27Cl2NO5. The summed E-state index contributed by atoms with van der Waals surface area (Å²) >= 11 is 12.5. The van der Waals surface area contributed by atoms with Crippen molar-refractivity contribution in [2.45, 2.75) is 46.6 Å². The molecule has 0 radical (unpaired) electrons. The van der Waals surface area contributed by atoms with E-state index < -0.39 is 18.0 Å². The number of nitrogens with zero attached hydrogens (tertiary/aromatic N) is 1. The molecule has 2 rings (SSSR count). The number of aldehydes is 1. The summed E-state index contributed by atoms with van der Waals surface area (Å²) in [5.41, 5.74) is 2.38. The minimum absolute atomic E-state index is 0.00455. The zero-order valence-electron chi connectivity index (χ0n) is 19.1. The van der Waals surface area contributed by atoms with Crippen LogP contribution in [0.2, 0.25) is 10.0 Å². The molecule has 0 aromatic heterocycles. The molecule has 6 nitrogen and oxygen atoms in total. The van der Waals surface area contributed by atoms with Crippen LogP contribution in [0.15, 0.2) is 54.0 Å². The topological polar surface area (TPSA) is 82.0 Å². The van der Waals surface area contributed by atoms with Gasteiger partial charge in [0.1, 0.15) is 6.29 Å². The molecule has 2 aromatic carbocycles. The highest BCUT2D eigenvalue weighted by molar-refractivity contribution is 6.33. The van der Waals surface area contributed by atoms with E-state index in [1.165, 1.54) is 20.8 Å². The van der Waals surface area contributed by atoms with Crippen molar-refractivity contribution in [2.75, 3.05) is 0 Å². The van der Waals surface area contributed by atoms with Gasteiger partial charge in [0, 0.05) is 35.0 Å². The van der Waals surface area contributed by atoms with Crippen molar-refractivity contribution in [1.82, 2.24) is 0 Å². The highest BCUT2D eigenvalue weighted by atomic mass is 35.5. The number of halogens is 2. The van der Waals surface area contributed by atoms with Gasteiger partial charge in [0.05, 0.1) is 5.69 Å². The third-order valence-electron chi connectivity index (χ3n) is 4.10. The van der Waals surface area contributed by atoms with Gasteiger partial charge in [-0.2, -0.15) is 0 Å². The van der Waals surface area contributed by atoms with Crippen LogP contribution in [0.4, 0.5) is 5.69 Å². The molecular weight excluding hydrogens is 465 g/mol. The first-order valence-corrected chi connectivity index (χ1v) is 11.0. The zero-order chi connectivity index (χ0) is 25.0. The van der Waals surface area contributed by atoms with Crippen molar-refractivity contribution in [1.29, 1.82) is 0 Å². The molecule has 0 amide bonds. The van der Waals surface area contributed by atoms with Gasteiger partial charge >= 0.3 is 11.9 Å². The predicted octanol–water partition coefficient (Wildman–Crippen LogP) is 6.59. The predicted molar refractivity (Wildman–Crippen MR) is 132 cm³/mol. The average molecular weight is 492 g/mol. The Morgan fingerprint density at radius 2 is 1.73 bits per heavy atom. The summed E-state index contributed by atoms with van der Waals surface area (Å²) in [7, 11) is 0. The number of benzene rings is 2. The normalized spacial score (nSPS) is 11.5. The van der Waals surface area contributed by atoms with Crippen LogP contribution in [-0.4, -0.2) is 30.2 Å². The van der Waals surface area contributed by atoms with Gasteiger partial charge < -0.3 is 14.3 Å². The van der Waals surface area contributed by atoms with Crippen molar-refractivity contribution >= 4 is 58.6 Å². The fourth-order valence-electron chi connectivity index (χ4n) is 2.82. The molecule has 0 aliphatic rings. The highest BCUT2D eigenvalue weighted by Crippen LogP contribution is 2.35. The van der Waals surface area contributed by atoms with E-state index in [1.807, 2.05) is 25.1 Å². The Morgan fingerprint density at radius 3 is 2.27 bits per heavy atom. The smallest absolute Gasteiger partial charge is 0.309 e. The van der Waals surface area contributed by atoms with E-state index >= 15 is 0 Å². The standard InChI is InChI=1S/C23H23Cl2NO4.C2H4O/c1-5-8-22(29-15(3)27)23(30-16(4)28)26-21-12-11-17(24)13-19(21)14(2)18-9-6-7-10-20(18)25;1-2-3/h6-7,9-13,22H,2,5,8H2,1,3-4H3;2H,1H3. The van der Waals surface area contributed by atoms with Gasteiger partial charge in [0.15, 0.2) is 6.10 Å². The lowest BCUT2D eigenvalue weighted by Gasteiger charge is -2.19. The molecule has 176 valence electrons. The molecule has 0 aliphatic heterocycles. The Morgan fingerprint density at radius 1 is 1.09 bits per heavy atom. The second-order valence-electron chi connectivity index (χ2n) is 6.79. The molecule has 0 bridgehead atoms. The summed E-state index contributed by atoms with van der Waals surface area (Å²) in [6.07, 6.45) is 1.09. The molecule has 0 heterocycles. The van der Waals surface area contributed by atoms with Crippen LogP contribution in [0.3, 0.4) is 0 Å². The van der Waals surface area contributed by atoms with E-state index in [4.69, 9.17) is 37.5 Å². The largest absolute Gasteiger partial charge is 0.453 e. The first-order valence-electron chi connectivity index (χ1n) is 10.2. The fraction of sp³-hybridized carbons (Fsp3) is 0.280. The first-order chi connectivity index (χ1) is 15.6. The quantitative estimate of drug-likeness (QED) is 0.189. The van der Waals surface area contributed by atoms with E-state index in [2.05, 4.69) is 11.6 Å². The van der Waals surface area contributed by atoms with Crippen LogP contribution in [0.5, 0.6) is 0 Å². The number of hydrogen-bond donors (Lipinski definition) is 0. The maximum atomic E-state index is 11.7. The van der Waals surface area contributed by atoms with Gasteiger partial charge in [-0.3, -0.25) is 9.59 Å². The minimum Gasteiger partial charge on any atom is -0.453 e. The molecule has 33 heavy (non-hydrogen) atoms. The first kappa shape index (κ1) is 28.1. The number of aliphatic imine (C=N–C) groups is 1. The van der Waals surface area contributed by atoms with E-state index in [-0.39, 0.29) is 5.90 Å². The van der Waals surface area contributed by atoms with Crippen molar-refractivity contribution in [2.24, 2.45) is 4.99 Å². The van der Waals surface area contributed by atoms with Crippen molar-refractivity contribution in [3.8, 4) is 0 Å². The van der Waals surface area contributed by atoms with Gasteiger partial charge in [-0.1, -0.05) is 61.3 Å². The molecule has 0 fully saturated rings. The van der Waals surface area contributed by atoms with Gasteiger partial charge in [-0.15, -0.1) is 0 Å². The fourth-order valence-corrected chi connectivity index (χ4v) is 3.24. The van der Waals surface area contributed by atoms with E-state index in [1.54, 1.807) is 24.3 Å². The van der Waals surface area contributed by atoms with Gasteiger partial charge in [-0.05, 0) is 43.2 Å². The summed E-state index contributed by atoms with van der Waals surface area (Å²) in [6.45, 7) is 10.1. The molecule has 8 heteroatoms. The lowest BCUT2D eigenvalue weighted by molar-refractivity contribution is -0.146. The van der Waals surface area contributed by atoms with Crippen LogP contribution >= 0.6 is 23.2 Å². The van der Waals surface area contributed by atoms with Crippen molar-refractivity contribution in [3.05, 3.63) is 70.2 Å². The van der Waals surface area contributed by atoms with Gasteiger partial charge in [-0.25, -0.2) is 4.99 Å². The Bertz CT molecular complexity index is 1030. The van der Waals surface area contributed by atoms with E-state index in [0.717, 1.165) is 11.8 Å². The summed E-state index contributed by atoms with van der Waals surface area (Å²) in [5, 5.41) is 1.01. The Labute approximate surface area is 204 Å². The zero-order valence-corrected chi connectivity index (χ0v) is 20.6. The summed E-state index contributed by atoms with van der Waals surface area (Å²) in [6, 6.07) is 12.3. The molecule has 1 unspecified atom stereocenters. The second kappa shape index (κ2) is 14.2. The van der Waals surface area contributed by atoms with Gasteiger partial charge in [0.25, 0.3) is 0 Å². The van der Waals surface area contributed by atoms with Crippen LogP contribution in [0, 0.1) is 0 Å². The lowest BCUT2D eigenvalue weighted by Crippen LogP contribution is -2.29.